The number of rotatable bonds is 4. The molecule has 212 valence electrons. The summed E-state index contributed by atoms with van der Waals surface area (Å²) < 4.78 is 93.9. The number of ether oxygens (including phenoxy) is 1. The number of benzene rings is 2. The number of carbonyl (C=O) groups excluding carboxylic acids is 1. The van der Waals surface area contributed by atoms with E-state index in [9.17, 15) is 31.1 Å². The smallest absolute Gasteiger partial charge is 0.377 e. The molecule has 0 spiro atoms. The zero-order valence-corrected chi connectivity index (χ0v) is 22.0. The van der Waals surface area contributed by atoms with Gasteiger partial charge in [0.05, 0.1) is 28.0 Å². The van der Waals surface area contributed by atoms with Gasteiger partial charge in [0, 0.05) is 50.6 Å². The number of ketones is 1. The number of alkyl halides is 3. The lowest BCUT2D eigenvalue weighted by molar-refractivity contribution is -0.137. The molecule has 0 atom stereocenters. The number of carbonyl (C=O) groups is 1. The van der Waals surface area contributed by atoms with E-state index in [2.05, 4.69) is 4.98 Å². The topological polar surface area (TPSA) is 51.8 Å². The predicted octanol–water partition coefficient (Wildman–Crippen LogP) is 6.30. The number of nitrogens with zero attached hydrogens (tertiary/aromatic N) is 4. The summed E-state index contributed by atoms with van der Waals surface area (Å²) in [6, 6.07) is 6.81. The van der Waals surface area contributed by atoms with E-state index in [0.29, 0.717) is 41.0 Å². The van der Waals surface area contributed by atoms with Gasteiger partial charge in [-0.3, -0.25) is 4.79 Å². The van der Waals surface area contributed by atoms with Gasteiger partial charge in [-0.25, -0.2) is 18.2 Å². The number of methoxy groups -OCH3 is 1. The summed E-state index contributed by atoms with van der Waals surface area (Å²) in [6.07, 6.45) is -2.91. The molecule has 0 saturated carbocycles. The minimum Gasteiger partial charge on any atom is -0.377 e. The standard InChI is InChI=1S/C29H22F6N4O2/c1-37-8-6-14-11-21(28(40)15-9-18(30)24(32)19(31)10-15)39-7-4-5-16(26(14)39)23-17(29(33,34)35)12-20-25(27(23)37)36-22(13-41-3)38(20)2/h4-5,7,9-12H,6,8,13H2,1-3H3. The van der Waals surface area contributed by atoms with Crippen molar-refractivity contribution in [3.63, 3.8) is 0 Å². The van der Waals surface area contributed by atoms with Gasteiger partial charge in [0.1, 0.15) is 17.9 Å². The Kier molecular flexibility index (Phi) is 6.14. The number of halogens is 6. The molecule has 0 fully saturated rings. The van der Waals surface area contributed by atoms with Crippen LogP contribution >= 0.6 is 0 Å². The van der Waals surface area contributed by atoms with Crippen molar-refractivity contribution >= 4 is 28.0 Å². The maximum Gasteiger partial charge on any atom is 0.417 e. The van der Waals surface area contributed by atoms with E-state index in [4.69, 9.17) is 4.74 Å². The van der Waals surface area contributed by atoms with Gasteiger partial charge in [0.15, 0.2) is 17.5 Å². The third-order valence-corrected chi connectivity index (χ3v) is 7.54. The second-order valence-corrected chi connectivity index (χ2v) is 9.98. The lowest BCUT2D eigenvalue weighted by atomic mass is 9.92. The van der Waals surface area contributed by atoms with Gasteiger partial charge in [0.25, 0.3) is 0 Å². The Morgan fingerprint density at radius 2 is 1.78 bits per heavy atom. The van der Waals surface area contributed by atoms with Crippen molar-refractivity contribution in [2.45, 2.75) is 19.2 Å². The molecular weight excluding hydrogens is 550 g/mol. The number of imidazole rings is 1. The fourth-order valence-electron chi connectivity index (χ4n) is 5.62. The molecule has 6 nitrogen and oxygen atoms in total. The first-order chi connectivity index (χ1) is 19.4. The number of aromatic nitrogens is 3. The Balaban J connectivity index is 1.68. The quantitative estimate of drug-likeness (QED) is 0.144. The number of aryl methyl sites for hydroxylation is 1. The lowest BCUT2D eigenvalue weighted by Gasteiger charge is -2.28. The molecule has 6 rings (SSSR count). The van der Waals surface area contributed by atoms with Crippen LogP contribution in [-0.4, -0.2) is 40.4 Å². The SMILES string of the molecule is COCc1nc2c3c(c(C(F)(F)F)cc2n1C)-c1cccn2c(C(=O)c4cc(F)c(F)c(F)c4)cc(c12)CCN3C. The Bertz CT molecular complexity index is 1870. The summed E-state index contributed by atoms with van der Waals surface area (Å²) in [7, 11) is 4.78. The van der Waals surface area contributed by atoms with Crippen LogP contribution in [-0.2, 0) is 31.0 Å². The first-order valence-corrected chi connectivity index (χ1v) is 12.5. The normalized spacial score (nSPS) is 13.5. The van der Waals surface area contributed by atoms with Crippen LogP contribution in [0.2, 0.25) is 0 Å². The third kappa shape index (κ3) is 4.07. The monoisotopic (exact) mass is 572 g/mol. The van der Waals surface area contributed by atoms with Gasteiger partial charge in [-0.2, -0.15) is 13.2 Å². The summed E-state index contributed by atoms with van der Waals surface area (Å²) in [5, 5.41) is 0. The largest absolute Gasteiger partial charge is 0.417 e. The zero-order valence-electron chi connectivity index (χ0n) is 22.0. The van der Waals surface area contributed by atoms with Crippen LogP contribution in [0.5, 0.6) is 0 Å². The van der Waals surface area contributed by atoms with Crippen molar-refractivity contribution in [1.82, 2.24) is 14.0 Å². The number of hydrogen-bond donors (Lipinski definition) is 0. The van der Waals surface area contributed by atoms with Gasteiger partial charge >= 0.3 is 6.18 Å². The van der Waals surface area contributed by atoms with E-state index >= 15 is 0 Å². The van der Waals surface area contributed by atoms with E-state index in [1.165, 1.54) is 29.8 Å². The molecular formula is C29H22F6N4O2. The first kappa shape index (κ1) is 26.9. The van der Waals surface area contributed by atoms with Gasteiger partial charge in [-0.15, -0.1) is 0 Å². The van der Waals surface area contributed by atoms with Crippen molar-refractivity contribution in [1.29, 1.82) is 0 Å². The van der Waals surface area contributed by atoms with Gasteiger partial charge in [0.2, 0.25) is 5.78 Å². The Morgan fingerprint density at radius 1 is 1.07 bits per heavy atom. The van der Waals surface area contributed by atoms with Gasteiger partial charge in [-0.1, -0.05) is 6.07 Å². The van der Waals surface area contributed by atoms with Crippen LogP contribution in [0.15, 0.2) is 42.6 Å². The molecule has 1 aliphatic heterocycles. The molecule has 41 heavy (non-hydrogen) atoms. The van der Waals surface area contributed by atoms with E-state index in [1.54, 1.807) is 29.6 Å². The van der Waals surface area contributed by atoms with E-state index < -0.39 is 40.5 Å². The van der Waals surface area contributed by atoms with Crippen LogP contribution in [0, 0.1) is 17.5 Å². The number of fused-ring (bicyclic) bond motifs is 4. The molecule has 4 heterocycles. The van der Waals surface area contributed by atoms with Crippen molar-refractivity contribution in [3.8, 4) is 11.1 Å². The summed E-state index contributed by atoms with van der Waals surface area (Å²) >= 11 is 0. The molecule has 5 aromatic rings. The molecule has 0 saturated heterocycles. The molecule has 0 radical (unpaired) electrons. The van der Waals surface area contributed by atoms with Crippen LogP contribution in [0.3, 0.4) is 0 Å². The minimum absolute atomic E-state index is 0.0248. The minimum atomic E-state index is -4.74. The van der Waals surface area contributed by atoms with E-state index in [0.717, 1.165) is 6.07 Å². The fourth-order valence-corrected chi connectivity index (χ4v) is 5.62. The number of anilines is 1. The fraction of sp³-hybridized carbons (Fsp3) is 0.241. The molecule has 1 aliphatic rings. The Labute approximate surface area is 229 Å². The maximum absolute atomic E-state index is 14.7. The van der Waals surface area contributed by atoms with Gasteiger partial charge < -0.3 is 18.6 Å². The molecule has 12 heteroatoms. The summed E-state index contributed by atoms with van der Waals surface area (Å²) in [5.41, 5.74) is 0.643. The van der Waals surface area contributed by atoms with Crippen molar-refractivity contribution in [2.75, 3.05) is 25.6 Å². The molecule has 3 aromatic heterocycles. The van der Waals surface area contributed by atoms with Crippen molar-refractivity contribution in [3.05, 3.63) is 88.3 Å². The van der Waals surface area contributed by atoms with Crippen LogP contribution in [0.1, 0.15) is 33.0 Å². The molecule has 2 aromatic carbocycles. The van der Waals surface area contributed by atoms with E-state index in [-0.39, 0.29) is 41.2 Å². The predicted molar refractivity (Wildman–Crippen MR) is 140 cm³/mol. The molecule has 0 amide bonds. The molecule has 0 N–H and O–H groups in total. The zero-order chi connectivity index (χ0) is 29.4. The Morgan fingerprint density at radius 3 is 2.44 bits per heavy atom. The lowest BCUT2D eigenvalue weighted by Crippen LogP contribution is -2.24. The highest BCUT2D eigenvalue weighted by Gasteiger charge is 2.39. The second kappa shape index (κ2) is 9.37. The number of likely N-dealkylation sites (N-methyl/N-ethyl adjacent to an activating group) is 1. The summed E-state index contributed by atoms with van der Waals surface area (Å²) in [5.74, 6) is -5.11. The highest BCUT2D eigenvalue weighted by atomic mass is 19.4. The summed E-state index contributed by atoms with van der Waals surface area (Å²) in [6.45, 7) is 0.376. The summed E-state index contributed by atoms with van der Waals surface area (Å²) in [4.78, 5) is 19.8. The second-order valence-electron chi connectivity index (χ2n) is 9.98. The molecule has 0 aliphatic carbocycles. The van der Waals surface area contributed by atoms with Crippen molar-refractivity contribution < 1.29 is 35.9 Å². The average Bonchev–Trinajstić information content (AvgIpc) is 3.45. The Hall–Kier alpha value is -4.32. The van der Waals surface area contributed by atoms with E-state index in [1.807, 2.05) is 0 Å². The van der Waals surface area contributed by atoms with Crippen LogP contribution < -0.4 is 4.90 Å². The van der Waals surface area contributed by atoms with Gasteiger partial charge in [-0.05, 0) is 42.3 Å². The molecule has 0 unspecified atom stereocenters. The number of pyridine rings is 1. The highest BCUT2D eigenvalue weighted by molar-refractivity contribution is 6.10. The average molecular weight is 573 g/mol. The number of hydrogen-bond acceptors (Lipinski definition) is 4. The van der Waals surface area contributed by atoms with Crippen LogP contribution in [0.25, 0.3) is 27.7 Å². The van der Waals surface area contributed by atoms with Crippen molar-refractivity contribution in [2.24, 2.45) is 7.05 Å². The highest BCUT2D eigenvalue weighted by Crippen LogP contribution is 2.48. The van der Waals surface area contributed by atoms with Crippen LogP contribution in [0.4, 0.5) is 32.0 Å². The molecule has 0 bridgehead atoms. The third-order valence-electron chi connectivity index (χ3n) is 7.54. The first-order valence-electron chi connectivity index (χ1n) is 12.5. The maximum atomic E-state index is 14.7.